The van der Waals surface area contributed by atoms with Gasteiger partial charge in [0.2, 0.25) is 0 Å². The van der Waals surface area contributed by atoms with Crippen LogP contribution in [-0.2, 0) is 9.53 Å². The number of hydrogen-bond acceptors (Lipinski definition) is 2. The van der Waals surface area contributed by atoms with Gasteiger partial charge in [-0.1, -0.05) is 6.42 Å². The van der Waals surface area contributed by atoms with E-state index in [1.807, 2.05) is 6.92 Å². The van der Waals surface area contributed by atoms with Gasteiger partial charge < -0.3 is 4.74 Å². The topological polar surface area (TPSA) is 26.3 Å². The van der Waals surface area contributed by atoms with Gasteiger partial charge in [-0.3, -0.25) is 4.79 Å². The van der Waals surface area contributed by atoms with Gasteiger partial charge in [0.15, 0.2) is 0 Å². The van der Waals surface area contributed by atoms with Crippen molar-refractivity contribution in [1.82, 2.24) is 0 Å². The minimum atomic E-state index is 0.233. The summed E-state index contributed by atoms with van der Waals surface area (Å²) in [7, 11) is 1.71. The molecule has 0 aliphatic heterocycles. The number of carbonyl (C=O) groups is 1. The SMILES string of the molecule is COC(C)CC1CCCCC1=O. The van der Waals surface area contributed by atoms with E-state index in [1.165, 1.54) is 6.42 Å². The number of rotatable bonds is 3. The maximum Gasteiger partial charge on any atom is 0.136 e. The van der Waals surface area contributed by atoms with E-state index in [4.69, 9.17) is 4.74 Å². The Morgan fingerprint density at radius 3 is 2.92 bits per heavy atom. The zero-order chi connectivity index (χ0) is 8.97. The summed E-state index contributed by atoms with van der Waals surface area (Å²) in [4.78, 5) is 11.4. The van der Waals surface area contributed by atoms with E-state index >= 15 is 0 Å². The Kier molecular flexibility index (Phi) is 3.73. The number of ether oxygens (including phenoxy) is 1. The molecular weight excluding hydrogens is 152 g/mol. The summed E-state index contributed by atoms with van der Waals surface area (Å²) >= 11 is 0. The molecule has 1 aliphatic rings. The summed E-state index contributed by atoms with van der Waals surface area (Å²) in [5, 5.41) is 0. The summed E-state index contributed by atoms with van der Waals surface area (Å²) in [5.74, 6) is 0.735. The average Bonchev–Trinajstić information content (AvgIpc) is 2.09. The van der Waals surface area contributed by atoms with Crippen LogP contribution in [0.4, 0.5) is 0 Å². The van der Waals surface area contributed by atoms with Crippen LogP contribution in [0.5, 0.6) is 0 Å². The highest BCUT2D eigenvalue weighted by atomic mass is 16.5. The van der Waals surface area contributed by atoms with Crippen LogP contribution >= 0.6 is 0 Å². The third-order valence-corrected chi connectivity index (χ3v) is 2.70. The summed E-state index contributed by atoms with van der Waals surface area (Å²) in [6.07, 6.45) is 5.32. The van der Waals surface area contributed by atoms with Crippen molar-refractivity contribution in [3.05, 3.63) is 0 Å². The Morgan fingerprint density at radius 2 is 2.33 bits per heavy atom. The van der Waals surface area contributed by atoms with Crippen LogP contribution in [0.3, 0.4) is 0 Å². The molecule has 2 heteroatoms. The van der Waals surface area contributed by atoms with Crippen molar-refractivity contribution < 1.29 is 9.53 Å². The third kappa shape index (κ3) is 2.59. The van der Waals surface area contributed by atoms with E-state index < -0.39 is 0 Å². The second-order valence-electron chi connectivity index (χ2n) is 3.69. The van der Waals surface area contributed by atoms with Crippen LogP contribution in [0, 0.1) is 5.92 Å². The Morgan fingerprint density at radius 1 is 1.58 bits per heavy atom. The highest BCUT2D eigenvalue weighted by Crippen LogP contribution is 2.24. The molecule has 12 heavy (non-hydrogen) atoms. The Labute approximate surface area is 74.3 Å². The number of ketones is 1. The fraction of sp³-hybridized carbons (Fsp3) is 0.900. The molecule has 2 unspecified atom stereocenters. The van der Waals surface area contributed by atoms with Gasteiger partial charge in [-0.15, -0.1) is 0 Å². The van der Waals surface area contributed by atoms with Crippen molar-refractivity contribution in [2.45, 2.75) is 45.1 Å². The monoisotopic (exact) mass is 170 g/mol. The zero-order valence-corrected chi connectivity index (χ0v) is 8.01. The average molecular weight is 170 g/mol. The molecule has 0 N–H and O–H groups in total. The molecule has 1 fully saturated rings. The van der Waals surface area contributed by atoms with Crippen molar-refractivity contribution in [1.29, 1.82) is 0 Å². The summed E-state index contributed by atoms with van der Waals surface area (Å²) < 4.78 is 5.15. The molecule has 0 radical (unpaired) electrons. The smallest absolute Gasteiger partial charge is 0.136 e. The van der Waals surface area contributed by atoms with E-state index in [0.717, 1.165) is 25.7 Å². The lowest BCUT2D eigenvalue weighted by molar-refractivity contribution is -0.125. The molecule has 0 saturated heterocycles. The van der Waals surface area contributed by atoms with Gasteiger partial charge in [0.05, 0.1) is 6.10 Å². The summed E-state index contributed by atoms with van der Waals surface area (Å²) in [6.45, 7) is 2.03. The van der Waals surface area contributed by atoms with Gasteiger partial charge in [-0.25, -0.2) is 0 Å². The van der Waals surface area contributed by atoms with Gasteiger partial charge >= 0.3 is 0 Å². The zero-order valence-electron chi connectivity index (χ0n) is 8.01. The number of carbonyl (C=O) groups excluding carboxylic acids is 1. The Bertz CT molecular complexity index is 154. The Hall–Kier alpha value is -0.370. The van der Waals surface area contributed by atoms with Crippen molar-refractivity contribution in [2.75, 3.05) is 7.11 Å². The molecule has 0 heterocycles. The minimum Gasteiger partial charge on any atom is -0.382 e. The van der Waals surface area contributed by atoms with Crippen LogP contribution in [0.2, 0.25) is 0 Å². The third-order valence-electron chi connectivity index (χ3n) is 2.70. The molecule has 0 aromatic carbocycles. The molecule has 0 bridgehead atoms. The van der Waals surface area contributed by atoms with Gasteiger partial charge in [-0.05, 0) is 26.2 Å². The van der Waals surface area contributed by atoms with Crippen molar-refractivity contribution in [2.24, 2.45) is 5.92 Å². The van der Waals surface area contributed by atoms with Gasteiger partial charge in [0.1, 0.15) is 5.78 Å². The van der Waals surface area contributed by atoms with E-state index in [2.05, 4.69) is 0 Å². The van der Waals surface area contributed by atoms with Crippen LogP contribution < -0.4 is 0 Å². The van der Waals surface area contributed by atoms with Crippen LogP contribution in [-0.4, -0.2) is 19.0 Å². The lowest BCUT2D eigenvalue weighted by Crippen LogP contribution is -2.23. The predicted octanol–water partition coefficient (Wildman–Crippen LogP) is 2.17. The first-order valence-electron chi connectivity index (χ1n) is 4.79. The molecule has 0 spiro atoms. The van der Waals surface area contributed by atoms with Crippen molar-refractivity contribution in [3.63, 3.8) is 0 Å². The molecule has 1 saturated carbocycles. The first-order chi connectivity index (χ1) is 5.74. The van der Waals surface area contributed by atoms with Crippen LogP contribution in [0.15, 0.2) is 0 Å². The lowest BCUT2D eigenvalue weighted by Gasteiger charge is -2.22. The molecule has 0 aromatic heterocycles. The minimum absolute atomic E-state index is 0.233. The van der Waals surface area contributed by atoms with Gasteiger partial charge in [0.25, 0.3) is 0 Å². The summed E-state index contributed by atoms with van der Waals surface area (Å²) in [5.41, 5.74) is 0. The van der Waals surface area contributed by atoms with Crippen molar-refractivity contribution in [3.8, 4) is 0 Å². The molecule has 2 nitrogen and oxygen atoms in total. The second kappa shape index (κ2) is 4.61. The quantitative estimate of drug-likeness (QED) is 0.649. The van der Waals surface area contributed by atoms with Gasteiger partial charge in [0, 0.05) is 19.4 Å². The van der Waals surface area contributed by atoms with E-state index in [-0.39, 0.29) is 12.0 Å². The lowest BCUT2D eigenvalue weighted by atomic mass is 9.84. The molecule has 1 rings (SSSR count). The molecule has 0 aromatic rings. The molecule has 2 atom stereocenters. The predicted molar refractivity (Wildman–Crippen MR) is 48.1 cm³/mol. The highest BCUT2D eigenvalue weighted by Gasteiger charge is 2.23. The molecule has 0 amide bonds. The number of hydrogen-bond donors (Lipinski definition) is 0. The summed E-state index contributed by atoms with van der Waals surface area (Å²) in [6, 6.07) is 0. The first-order valence-corrected chi connectivity index (χ1v) is 4.79. The van der Waals surface area contributed by atoms with Gasteiger partial charge in [-0.2, -0.15) is 0 Å². The second-order valence-corrected chi connectivity index (χ2v) is 3.69. The highest BCUT2D eigenvalue weighted by molar-refractivity contribution is 5.81. The largest absolute Gasteiger partial charge is 0.382 e. The fourth-order valence-electron chi connectivity index (χ4n) is 1.80. The number of methoxy groups -OCH3 is 1. The van der Waals surface area contributed by atoms with E-state index in [9.17, 15) is 4.79 Å². The van der Waals surface area contributed by atoms with Crippen molar-refractivity contribution >= 4 is 5.78 Å². The maximum atomic E-state index is 11.4. The standard InChI is InChI=1S/C10H18O2/c1-8(12-2)7-9-5-3-4-6-10(9)11/h8-9H,3-7H2,1-2H3. The normalized spacial score (nSPS) is 27.2. The molecular formula is C10H18O2. The number of Topliss-reactive ketones (excluding diaryl/α,β-unsaturated/α-hetero) is 1. The molecule has 1 aliphatic carbocycles. The maximum absolute atomic E-state index is 11.4. The van der Waals surface area contributed by atoms with E-state index in [0.29, 0.717) is 5.78 Å². The fourth-order valence-corrected chi connectivity index (χ4v) is 1.80. The van der Waals surface area contributed by atoms with Crippen LogP contribution in [0.25, 0.3) is 0 Å². The Balaban J connectivity index is 2.34. The van der Waals surface area contributed by atoms with E-state index in [1.54, 1.807) is 7.11 Å². The van der Waals surface area contributed by atoms with Crippen LogP contribution in [0.1, 0.15) is 39.0 Å². The molecule has 70 valence electrons. The first kappa shape index (κ1) is 9.72.